The number of aromatic amines is 1. The van der Waals surface area contributed by atoms with Crippen LogP contribution in [0.1, 0.15) is 23.5 Å². The standard InChI is InChI=1S/C9H15N7O2/c10-7(17)5-16-3-1-6(2-4-16)11-9(18)8-12-14-15-13-8/h6H,1-5H2,(H2,10,17)(H,11,18)(H,12,13,14,15). The lowest BCUT2D eigenvalue weighted by molar-refractivity contribution is -0.119. The summed E-state index contributed by atoms with van der Waals surface area (Å²) in [5.41, 5.74) is 5.13. The third-order valence-electron chi connectivity index (χ3n) is 2.85. The zero-order valence-corrected chi connectivity index (χ0v) is 9.80. The highest BCUT2D eigenvalue weighted by atomic mass is 16.2. The quantitative estimate of drug-likeness (QED) is 0.562. The average molecular weight is 253 g/mol. The van der Waals surface area contributed by atoms with E-state index in [1.165, 1.54) is 0 Å². The molecule has 4 N–H and O–H groups in total. The molecule has 0 aliphatic carbocycles. The number of rotatable bonds is 4. The van der Waals surface area contributed by atoms with Crippen molar-refractivity contribution in [1.29, 1.82) is 0 Å². The monoisotopic (exact) mass is 253 g/mol. The highest BCUT2D eigenvalue weighted by Gasteiger charge is 2.23. The van der Waals surface area contributed by atoms with Crippen molar-refractivity contribution in [2.75, 3.05) is 19.6 Å². The van der Waals surface area contributed by atoms with Crippen LogP contribution in [-0.4, -0.2) is 63.0 Å². The van der Waals surface area contributed by atoms with Gasteiger partial charge in [0.05, 0.1) is 6.54 Å². The Balaban J connectivity index is 1.77. The molecule has 9 nitrogen and oxygen atoms in total. The number of hydrogen-bond donors (Lipinski definition) is 3. The number of amides is 2. The van der Waals surface area contributed by atoms with E-state index in [0.717, 1.165) is 25.9 Å². The van der Waals surface area contributed by atoms with E-state index in [1.54, 1.807) is 0 Å². The molecule has 0 atom stereocenters. The Morgan fingerprint density at radius 3 is 2.72 bits per heavy atom. The maximum Gasteiger partial charge on any atom is 0.293 e. The number of hydrogen-bond acceptors (Lipinski definition) is 6. The molecule has 0 radical (unpaired) electrons. The molecule has 1 aromatic heterocycles. The second kappa shape index (κ2) is 5.54. The van der Waals surface area contributed by atoms with Crippen molar-refractivity contribution in [1.82, 2.24) is 30.8 Å². The fraction of sp³-hybridized carbons (Fsp3) is 0.667. The maximum atomic E-state index is 11.6. The largest absolute Gasteiger partial charge is 0.369 e. The van der Waals surface area contributed by atoms with Crippen molar-refractivity contribution in [2.45, 2.75) is 18.9 Å². The molecule has 1 saturated heterocycles. The molecule has 1 fully saturated rings. The van der Waals surface area contributed by atoms with Gasteiger partial charge in [0.15, 0.2) is 0 Å². The molecule has 1 aliphatic heterocycles. The van der Waals surface area contributed by atoms with Gasteiger partial charge in [-0.3, -0.25) is 14.5 Å². The van der Waals surface area contributed by atoms with Crippen LogP contribution in [0.5, 0.6) is 0 Å². The van der Waals surface area contributed by atoms with Gasteiger partial charge in [-0.25, -0.2) is 0 Å². The average Bonchev–Trinajstić information content (AvgIpc) is 2.84. The van der Waals surface area contributed by atoms with Crippen molar-refractivity contribution in [3.8, 4) is 0 Å². The van der Waals surface area contributed by atoms with Gasteiger partial charge in [0.2, 0.25) is 5.91 Å². The number of nitrogens with one attached hydrogen (secondary N) is 2. The van der Waals surface area contributed by atoms with E-state index in [1.807, 2.05) is 4.90 Å². The molecular weight excluding hydrogens is 238 g/mol. The van der Waals surface area contributed by atoms with Gasteiger partial charge in [-0.05, 0) is 18.1 Å². The van der Waals surface area contributed by atoms with E-state index in [4.69, 9.17) is 5.73 Å². The molecule has 98 valence electrons. The minimum absolute atomic E-state index is 0.0366. The normalized spacial score (nSPS) is 17.6. The van der Waals surface area contributed by atoms with Crippen LogP contribution in [0, 0.1) is 0 Å². The summed E-state index contributed by atoms with van der Waals surface area (Å²) in [6.45, 7) is 1.74. The summed E-state index contributed by atoms with van der Waals surface area (Å²) in [6.07, 6.45) is 1.55. The van der Waals surface area contributed by atoms with Crippen molar-refractivity contribution < 1.29 is 9.59 Å². The summed E-state index contributed by atoms with van der Waals surface area (Å²) >= 11 is 0. The minimum atomic E-state index is -0.336. The van der Waals surface area contributed by atoms with Crippen molar-refractivity contribution in [3.63, 3.8) is 0 Å². The van der Waals surface area contributed by atoms with Gasteiger partial charge in [0, 0.05) is 19.1 Å². The summed E-state index contributed by atoms with van der Waals surface area (Å²) in [5, 5.41) is 15.6. The number of carbonyl (C=O) groups is 2. The SMILES string of the molecule is NC(=O)CN1CCC(NC(=O)c2nn[nH]n2)CC1. The van der Waals surface area contributed by atoms with Crippen LogP contribution >= 0.6 is 0 Å². The number of nitrogens with two attached hydrogens (primary N) is 1. The van der Waals surface area contributed by atoms with Crippen LogP contribution in [0.15, 0.2) is 0 Å². The predicted octanol–water partition coefficient (Wildman–Crippen LogP) is -2.12. The fourth-order valence-electron chi connectivity index (χ4n) is 1.96. The third-order valence-corrected chi connectivity index (χ3v) is 2.85. The lowest BCUT2D eigenvalue weighted by Crippen LogP contribution is -2.46. The summed E-state index contributed by atoms with van der Waals surface area (Å²) in [5.74, 6) is -0.629. The molecule has 2 heterocycles. The zero-order chi connectivity index (χ0) is 13.0. The number of primary amides is 1. The molecular formula is C9H15N7O2. The first-order valence-corrected chi connectivity index (χ1v) is 5.70. The Labute approximate surface area is 103 Å². The Morgan fingerprint density at radius 1 is 1.44 bits per heavy atom. The number of aromatic nitrogens is 4. The molecule has 0 aromatic carbocycles. The Hall–Kier alpha value is -2.03. The van der Waals surface area contributed by atoms with E-state index in [9.17, 15) is 9.59 Å². The lowest BCUT2D eigenvalue weighted by Gasteiger charge is -2.31. The van der Waals surface area contributed by atoms with Gasteiger partial charge < -0.3 is 11.1 Å². The van der Waals surface area contributed by atoms with E-state index in [-0.39, 0.29) is 30.2 Å². The Kier molecular flexibility index (Phi) is 3.82. The van der Waals surface area contributed by atoms with Crippen LogP contribution < -0.4 is 11.1 Å². The number of H-pyrrole nitrogens is 1. The first kappa shape index (κ1) is 12.4. The van der Waals surface area contributed by atoms with Crippen LogP contribution in [0.2, 0.25) is 0 Å². The number of carbonyl (C=O) groups excluding carboxylic acids is 2. The van der Waals surface area contributed by atoms with Gasteiger partial charge >= 0.3 is 0 Å². The van der Waals surface area contributed by atoms with Gasteiger partial charge in [0.1, 0.15) is 0 Å². The molecule has 1 aromatic rings. The van der Waals surface area contributed by atoms with Crippen LogP contribution in [-0.2, 0) is 4.79 Å². The highest BCUT2D eigenvalue weighted by molar-refractivity contribution is 5.90. The van der Waals surface area contributed by atoms with Crippen molar-refractivity contribution in [2.24, 2.45) is 5.73 Å². The van der Waals surface area contributed by atoms with Crippen molar-refractivity contribution >= 4 is 11.8 Å². The minimum Gasteiger partial charge on any atom is -0.369 e. The van der Waals surface area contributed by atoms with Gasteiger partial charge in [-0.15, -0.1) is 10.2 Å². The number of nitrogens with zero attached hydrogens (tertiary/aromatic N) is 4. The summed E-state index contributed by atoms with van der Waals surface area (Å²) in [7, 11) is 0. The van der Waals surface area contributed by atoms with E-state index in [0.29, 0.717) is 0 Å². The molecule has 1 aliphatic rings. The van der Waals surface area contributed by atoms with Gasteiger partial charge in [0.25, 0.3) is 11.7 Å². The van der Waals surface area contributed by atoms with Crippen LogP contribution in [0.3, 0.4) is 0 Å². The highest BCUT2D eigenvalue weighted by Crippen LogP contribution is 2.10. The van der Waals surface area contributed by atoms with Gasteiger partial charge in [-0.2, -0.15) is 5.21 Å². The number of tetrazole rings is 1. The lowest BCUT2D eigenvalue weighted by atomic mass is 10.1. The second-order valence-corrected chi connectivity index (χ2v) is 4.23. The number of piperidine rings is 1. The Morgan fingerprint density at radius 2 is 2.17 bits per heavy atom. The maximum absolute atomic E-state index is 11.6. The molecule has 18 heavy (non-hydrogen) atoms. The van der Waals surface area contributed by atoms with Crippen LogP contribution in [0.25, 0.3) is 0 Å². The second-order valence-electron chi connectivity index (χ2n) is 4.23. The van der Waals surface area contributed by atoms with Crippen molar-refractivity contribution in [3.05, 3.63) is 5.82 Å². The topological polar surface area (TPSA) is 130 Å². The molecule has 0 spiro atoms. The molecule has 0 unspecified atom stereocenters. The summed E-state index contributed by atoms with van der Waals surface area (Å²) in [4.78, 5) is 24.4. The first-order valence-electron chi connectivity index (χ1n) is 5.70. The van der Waals surface area contributed by atoms with E-state index >= 15 is 0 Å². The third kappa shape index (κ3) is 3.23. The van der Waals surface area contributed by atoms with Gasteiger partial charge in [-0.1, -0.05) is 0 Å². The first-order chi connectivity index (χ1) is 8.65. The summed E-state index contributed by atoms with van der Waals surface area (Å²) < 4.78 is 0. The molecule has 2 amide bonds. The number of likely N-dealkylation sites (tertiary alicyclic amines) is 1. The molecule has 0 bridgehead atoms. The molecule has 9 heteroatoms. The Bertz CT molecular complexity index is 411. The molecule has 2 rings (SSSR count). The van der Waals surface area contributed by atoms with E-state index in [2.05, 4.69) is 25.9 Å². The predicted molar refractivity (Wildman–Crippen MR) is 60.3 cm³/mol. The summed E-state index contributed by atoms with van der Waals surface area (Å²) in [6, 6.07) is 0.0696. The van der Waals surface area contributed by atoms with E-state index < -0.39 is 0 Å². The molecule has 0 saturated carbocycles. The fourth-order valence-corrected chi connectivity index (χ4v) is 1.96. The van der Waals surface area contributed by atoms with Crippen LogP contribution in [0.4, 0.5) is 0 Å². The zero-order valence-electron chi connectivity index (χ0n) is 9.80. The smallest absolute Gasteiger partial charge is 0.293 e.